The quantitative estimate of drug-likeness (QED) is 0.643. The largest absolute Gasteiger partial charge is 0.316 e. The Kier molecular flexibility index (Phi) is 2.18. The van der Waals surface area contributed by atoms with Gasteiger partial charge < -0.3 is 5.21 Å². The lowest BCUT2D eigenvalue weighted by molar-refractivity contribution is 0.161. The topological polar surface area (TPSA) is 60.9 Å². The van der Waals surface area contributed by atoms with Gasteiger partial charge in [0.05, 0.1) is 5.52 Å². The van der Waals surface area contributed by atoms with Crippen molar-refractivity contribution in [2.24, 2.45) is 0 Å². The van der Waals surface area contributed by atoms with Crippen molar-refractivity contribution < 1.29 is 5.21 Å². The summed E-state index contributed by atoms with van der Waals surface area (Å²) >= 11 is 5.84. The van der Waals surface area contributed by atoms with Gasteiger partial charge in [-0.1, -0.05) is 17.7 Å². The standard InChI is InChI=1S/C8H8ClN3O/c9-8-6-3-5(4-10-13)1-2-7(6)11-12-8/h1-3,10,13H,4H2,(H,11,12). The minimum Gasteiger partial charge on any atom is -0.316 e. The maximum absolute atomic E-state index is 8.51. The van der Waals surface area contributed by atoms with Crippen LogP contribution in [0.4, 0.5) is 0 Å². The van der Waals surface area contributed by atoms with Crippen molar-refractivity contribution in [1.29, 1.82) is 0 Å². The molecular weight excluding hydrogens is 190 g/mol. The number of benzene rings is 1. The molecule has 0 aliphatic rings. The van der Waals surface area contributed by atoms with Crippen LogP contribution in [0.3, 0.4) is 0 Å². The summed E-state index contributed by atoms with van der Waals surface area (Å²) in [6, 6.07) is 5.61. The second-order valence-electron chi connectivity index (χ2n) is 2.72. The van der Waals surface area contributed by atoms with Crippen molar-refractivity contribution in [2.75, 3.05) is 0 Å². The van der Waals surface area contributed by atoms with Crippen LogP contribution in [0.1, 0.15) is 5.56 Å². The van der Waals surface area contributed by atoms with Crippen LogP contribution in [-0.4, -0.2) is 15.4 Å². The summed E-state index contributed by atoms with van der Waals surface area (Å²) in [6.45, 7) is 0.400. The van der Waals surface area contributed by atoms with Crippen molar-refractivity contribution in [3.8, 4) is 0 Å². The van der Waals surface area contributed by atoms with E-state index in [1.807, 2.05) is 18.2 Å². The summed E-state index contributed by atoms with van der Waals surface area (Å²) in [4.78, 5) is 0. The maximum Gasteiger partial charge on any atom is 0.132 e. The second kappa shape index (κ2) is 3.33. The summed E-state index contributed by atoms with van der Waals surface area (Å²) in [6.07, 6.45) is 0. The molecule has 0 fully saturated rings. The summed E-state index contributed by atoms with van der Waals surface area (Å²) in [7, 11) is 0. The van der Waals surface area contributed by atoms with Crippen molar-refractivity contribution in [1.82, 2.24) is 15.7 Å². The average molecular weight is 198 g/mol. The Labute approximate surface area is 79.5 Å². The molecule has 0 amide bonds. The Bertz CT molecular complexity index is 426. The first-order chi connectivity index (χ1) is 6.31. The zero-order valence-electron chi connectivity index (χ0n) is 6.71. The molecule has 3 N–H and O–H groups in total. The number of hydroxylamine groups is 1. The van der Waals surface area contributed by atoms with Gasteiger partial charge >= 0.3 is 0 Å². The van der Waals surface area contributed by atoms with Crippen LogP contribution in [0, 0.1) is 0 Å². The third-order valence-corrected chi connectivity index (χ3v) is 2.14. The monoisotopic (exact) mass is 197 g/mol. The molecule has 5 heteroatoms. The highest BCUT2D eigenvalue weighted by atomic mass is 35.5. The van der Waals surface area contributed by atoms with E-state index in [1.54, 1.807) is 0 Å². The number of aromatic nitrogens is 2. The fraction of sp³-hybridized carbons (Fsp3) is 0.125. The lowest BCUT2D eigenvalue weighted by Gasteiger charge is -1.97. The van der Waals surface area contributed by atoms with E-state index >= 15 is 0 Å². The van der Waals surface area contributed by atoms with Crippen molar-refractivity contribution in [3.05, 3.63) is 28.9 Å². The Morgan fingerprint density at radius 3 is 3.15 bits per heavy atom. The van der Waals surface area contributed by atoms with E-state index in [0.29, 0.717) is 11.7 Å². The maximum atomic E-state index is 8.51. The Hall–Kier alpha value is -1.10. The zero-order valence-corrected chi connectivity index (χ0v) is 7.47. The van der Waals surface area contributed by atoms with E-state index in [0.717, 1.165) is 16.5 Å². The molecule has 0 radical (unpaired) electrons. The van der Waals surface area contributed by atoms with E-state index in [1.165, 1.54) is 0 Å². The van der Waals surface area contributed by atoms with Gasteiger partial charge in [0.25, 0.3) is 0 Å². The van der Waals surface area contributed by atoms with Crippen LogP contribution >= 0.6 is 11.6 Å². The van der Waals surface area contributed by atoms with Crippen molar-refractivity contribution >= 4 is 22.5 Å². The van der Waals surface area contributed by atoms with Crippen molar-refractivity contribution in [3.63, 3.8) is 0 Å². The first-order valence-corrected chi connectivity index (χ1v) is 4.18. The van der Waals surface area contributed by atoms with Gasteiger partial charge in [0, 0.05) is 11.9 Å². The first-order valence-electron chi connectivity index (χ1n) is 3.80. The summed E-state index contributed by atoms with van der Waals surface area (Å²) in [5.41, 5.74) is 3.87. The lowest BCUT2D eigenvalue weighted by Crippen LogP contribution is -2.05. The highest BCUT2D eigenvalue weighted by Gasteiger charge is 2.02. The molecule has 0 bridgehead atoms. The number of rotatable bonds is 2. The first kappa shape index (κ1) is 8.50. The van der Waals surface area contributed by atoms with Gasteiger partial charge in [0.15, 0.2) is 0 Å². The van der Waals surface area contributed by atoms with Gasteiger partial charge in [-0.3, -0.25) is 5.10 Å². The molecule has 0 saturated heterocycles. The number of nitrogens with one attached hydrogen (secondary N) is 2. The van der Waals surface area contributed by atoms with Crippen LogP contribution in [-0.2, 0) is 6.54 Å². The van der Waals surface area contributed by atoms with Gasteiger partial charge in [-0.2, -0.15) is 5.10 Å². The Morgan fingerprint density at radius 1 is 1.54 bits per heavy atom. The molecule has 0 saturated carbocycles. The number of aromatic amines is 1. The summed E-state index contributed by atoms with van der Waals surface area (Å²) < 4.78 is 0. The Morgan fingerprint density at radius 2 is 2.38 bits per heavy atom. The molecule has 0 spiro atoms. The number of hydrogen-bond acceptors (Lipinski definition) is 3. The van der Waals surface area contributed by atoms with Gasteiger partial charge in [0.2, 0.25) is 0 Å². The molecule has 2 rings (SSSR count). The number of hydrogen-bond donors (Lipinski definition) is 3. The molecule has 68 valence electrons. The molecule has 1 heterocycles. The van der Waals surface area contributed by atoms with Crippen LogP contribution in [0.15, 0.2) is 18.2 Å². The minimum absolute atomic E-state index is 0.400. The SMILES string of the molecule is ONCc1ccc2n[nH]c(Cl)c2c1. The van der Waals surface area contributed by atoms with Crippen LogP contribution in [0.5, 0.6) is 0 Å². The molecule has 0 atom stereocenters. The molecule has 0 unspecified atom stereocenters. The number of halogens is 1. The van der Waals surface area contributed by atoms with Gasteiger partial charge in [-0.25, -0.2) is 5.48 Å². The van der Waals surface area contributed by atoms with Crippen LogP contribution < -0.4 is 5.48 Å². The fourth-order valence-corrected chi connectivity index (χ4v) is 1.42. The lowest BCUT2D eigenvalue weighted by atomic mass is 10.2. The van der Waals surface area contributed by atoms with E-state index in [2.05, 4.69) is 15.7 Å². The molecular formula is C8H8ClN3O. The highest BCUT2D eigenvalue weighted by Crippen LogP contribution is 2.21. The number of H-pyrrole nitrogens is 1. The van der Waals surface area contributed by atoms with Gasteiger partial charge in [-0.05, 0) is 17.7 Å². The van der Waals surface area contributed by atoms with Gasteiger partial charge in [-0.15, -0.1) is 0 Å². The molecule has 0 aliphatic heterocycles. The van der Waals surface area contributed by atoms with Crippen LogP contribution in [0.2, 0.25) is 5.15 Å². The second-order valence-corrected chi connectivity index (χ2v) is 3.10. The fourth-order valence-electron chi connectivity index (χ4n) is 1.23. The Balaban J connectivity index is 2.53. The van der Waals surface area contributed by atoms with Crippen molar-refractivity contribution in [2.45, 2.75) is 6.54 Å². The third kappa shape index (κ3) is 1.51. The molecule has 4 nitrogen and oxygen atoms in total. The predicted molar refractivity (Wildman–Crippen MR) is 49.7 cm³/mol. The zero-order chi connectivity index (χ0) is 9.26. The molecule has 2 aromatic rings. The predicted octanol–water partition coefficient (Wildman–Crippen LogP) is 1.70. The molecule has 1 aromatic heterocycles. The number of fused-ring (bicyclic) bond motifs is 1. The van der Waals surface area contributed by atoms with E-state index < -0.39 is 0 Å². The minimum atomic E-state index is 0.400. The average Bonchev–Trinajstić information content (AvgIpc) is 2.49. The molecule has 1 aromatic carbocycles. The highest BCUT2D eigenvalue weighted by molar-refractivity contribution is 6.34. The summed E-state index contributed by atoms with van der Waals surface area (Å²) in [5.74, 6) is 0. The van der Waals surface area contributed by atoms with Crippen LogP contribution in [0.25, 0.3) is 10.9 Å². The third-order valence-electron chi connectivity index (χ3n) is 1.86. The smallest absolute Gasteiger partial charge is 0.132 e. The molecule has 0 aliphatic carbocycles. The van der Waals surface area contributed by atoms with Gasteiger partial charge in [0.1, 0.15) is 5.15 Å². The molecule has 13 heavy (non-hydrogen) atoms. The van der Waals surface area contributed by atoms with E-state index in [-0.39, 0.29) is 0 Å². The summed E-state index contributed by atoms with van der Waals surface area (Å²) in [5, 5.41) is 16.6. The van der Waals surface area contributed by atoms with E-state index in [9.17, 15) is 0 Å². The van der Waals surface area contributed by atoms with E-state index in [4.69, 9.17) is 16.8 Å². The number of nitrogens with zero attached hydrogens (tertiary/aromatic N) is 1. The normalized spacial score (nSPS) is 10.9.